The number of aliphatic hydroxyl groups excluding tert-OH is 1. The molecule has 1 aromatic carbocycles. The molecule has 0 saturated heterocycles. The Morgan fingerprint density at radius 3 is 2.80 bits per heavy atom. The highest BCUT2D eigenvalue weighted by molar-refractivity contribution is 5.43. The Balaban J connectivity index is 2.82. The van der Waals surface area contributed by atoms with Crippen LogP contribution in [0.15, 0.2) is 30.9 Å². The van der Waals surface area contributed by atoms with Crippen molar-refractivity contribution in [3.8, 4) is 11.5 Å². The summed E-state index contributed by atoms with van der Waals surface area (Å²) in [6, 6.07) is 5.71. The first-order valence-corrected chi connectivity index (χ1v) is 4.83. The Morgan fingerprint density at radius 2 is 2.20 bits per heavy atom. The Morgan fingerprint density at radius 1 is 1.40 bits per heavy atom. The fraction of sp³-hybridized carbons (Fsp3) is 0.333. The molecule has 0 aromatic heterocycles. The molecular weight excluding hydrogens is 192 g/mol. The number of ether oxygens (including phenoxy) is 2. The van der Waals surface area contributed by atoms with Gasteiger partial charge in [0.2, 0.25) is 0 Å². The van der Waals surface area contributed by atoms with Crippen LogP contribution >= 0.6 is 0 Å². The number of rotatable bonds is 6. The number of allylic oxidation sites excluding steroid dienone is 1. The molecule has 3 nitrogen and oxygen atoms in total. The molecule has 1 N–H and O–H groups in total. The Kier molecular flexibility index (Phi) is 4.71. The number of aliphatic hydroxyl groups is 1. The van der Waals surface area contributed by atoms with Crippen molar-refractivity contribution in [1.82, 2.24) is 0 Å². The SMILES string of the molecule is C=CCc1ccc(OCCO)c(OC)c1. The molecule has 0 aliphatic carbocycles. The molecule has 1 rings (SSSR count). The van der Waals surface area contributed by atoms with E-state index in [1.165, 1.54) is 0 Å². The summed E-state index contributed by atoms with van der Waals surface area (Å²) in [6.45, 7) is 3.95. The van der Waals surface area contributed by atoms with Crippen LogP contribution in [0.5, 0.6) is 11.5 Å². The van der Waals surface area contributed by atoms with E-state index in [9.17, 15) is 0 Å². The van der Waals surface area contributed by atoms with Crippen LogP contribution in [0.3, 0.4) is 0 Å². The molecule has 0 atom stereocenters. The zero-order chi connectivity index (χ0) is 11.1. The number of methoxy groups -OCH3 is 1. The minimum absolute atomic E-state index is 0.00242. The zero-order valence-electron chi connectivity index (χ0n) is 8.90. The van der Waals surface area contributed by atoms with Gasteiger partial charge in [-0.1, -0.05) is 12.1 Å². The monoisotopic (exact) mass is 208 g/mol. The summed E-state index contributed by atoms with van der Waals surface area (Å²) >= 11 is 0. The van der Waals surface area contributed by atoms with E-state index in [0.29, 0.717) is 11.5 Å². The highest BCUT2D eigenvalue weighted by Gasteiger charge is 2.04. The predicted molar refractivity (Wildman–Crippen MR) is 59.5 cm³/mol. The quantitative estimate of drug-likeness (QED) is 0.724. The maximum atomic E-state index is 8.65. The molecule has 0 unspecified atom stereocenters. The van der Waals surface area contributed by atoms with Crippen molar-refractivity contribution in [2.45, 2.75) is 6.42 Å². The lowest BCUT2D eigenvalue weighted by Crippen LogP contribution is -2.03. The van der Waals surface area contributed by atoms with Gasteiger partial charge in [-0.05, 0) is 24.1 Å². The number of hydrogen-bond acceptors (Lipinski definition) is 3. The second kappa shape index (κ2) is 6.09. The first-order chi connectivity index (χ1) is 7.31. The summed E-state index contributed by atoms with van der Waals surface area (Å²) in [4.78, 5) is 0. The summed E-state index contributed by atoms with van der Waals surface area (Å²) < 4.78 is 10.5. The summed E-state index contributed by atoms with van der Waals surface area (Å²) in [5.41, 5.74) is 1.12. The lowest BCUT2D eigenvalue weighted by atomic mass is 10.1. The molecule has 82 valence electrons. The van der Waals surface area contributed by atoms with Gasteiger partial charge in [0.1, 0.15) is 6.61 Å². The fourth-order valence-corrected chi connectivity index (χ4v) is 1.28. The molecule has 0 aliphatic heterocycles. The van der Waals surface area contributed by atoms with Crippen LogP contribution in [0.2, 0.25) is 0 Å². The van der Waals surface area contributed by atoms with Gasteiger partial charge in [0.15, 0.2) is 11.5 Å². The largest absolute Gasteiger partial charge is 0.493 e. The minimum atomic E-state index is -0.00242. The summed E-state index contributed by atoms with van der Waals surface area (Å²) in [5, 5.41) is 8.65. The van der Waals surface area contributed by atoms with Crippen LogP contribution in [0.1, 0.15) is 5.56 Å². The van der Waals surface area contributed by atoms with Crippen molar-refractivity contribution in [2.24, 2.45) is 0 Å². The third-order valence-corrected chi connectivity index (χ3v) is 1.96. The molecule has 1 aromatic rings. The number of benzene rings is 1. The van der Waals surface area contributed by atoms with Gasteiger partial charge >= 0.3 is 0 Å². The molecule has 0 radical (unpaired) electrons. The second-order valence-electron chi connectivity index (χ2n) is 3.05. The van der Waals surface area contributed by atoms with Gasteiger partial charge in [-0.25, -0.2) is 0 Å². The van der Waals surface area contributed by atoms with Gasteiger partial charge < -0.3 is 14.6 Å². The van der Waals surface area contributed by atoms with Crippen molar-refractivity contribution in [3.05, 3.63) is 36.4 Å². The van der Waals surface area contributed by atoms with Gasteiger partial charge in [0.25, 0.3) is 0 Å². The molecule has 3 heteroatoms. The molecular formula is C12H16O3. The average molecular weight is 208 g/mol. The van der Waals surface area contributed by atoms with E-state index in [4.69, 9.17) is 14.6 Å². The first-order valence-electron chi connectivity index (χ1n) is 4.83. The smallest absolute Gasteiger partial charge is 0.161 e. The zero-order valence-corrected chi connectivity index (χ0v) is 8.90. The molecule has 0 heterocycles. The molecule has 0 spiro atoms. The van der Waals surface area contributed by atoms with E-state index in [1.54, 1.807) is 7.11 Å². The van der Waals surface area contributed by atoms with E-state index >= 15 is 0 Å². The van der Waals surface area contributed by atoms with Gasteiger partial charge in [-0.15, -0.1) is 6.58 Å². The van der Waals surface area contributed by atoms with Crippen LogP contribution in [0, 0.1) is 0 Å². The van der Waals surface area contributed by atoms with Crippen LogP contribution in [0.25, 0.3) is 0 Å². The lowest BCUT2D eigenvalue weighted by molar-refractivity contribution is 0.196. The molecule has 0 saturated carbocycles. The van der Waals surface area contributed by atoms with Crippen LogP contribution in [-0.4, -0.2) is 25.4 Å². The molecule has 0 bridgehead atoms. The average Bonchev–Trinajstić information content (AvgIpc) is 2.27. The van der Waals surface area contributed by atoms with Crippen LogP contribution < -0.4 is 9.47 Å². The maximum absolute atomic E-state index is 8.65. The van der Waals surface area contributed by atoms with Crippen LogP contribution in [-0.2, 0) is 6.42 Å². The van der Waals surface area contributed by atoms with E-state index in [2.05, 4.69) is 6.58 Å². The van der Waals surface area contributed by atoms with Gasteiger partial charge in [-0.3, -0.25) is 0 Å². The third kappa shape index (κ3) is 3.29. The molecule has 15 heavy (non-hydrogen) atoms. The second-order valence-corrected chi connectivity index (χ2v) is 3.05. The van der Waals surface area contributed by atoms with Crippen LogP contribution in [0.4, 0.5) is 0 Å². The molecule has 0 amide bonds. The van der Waals surface area contributed by atoms with Crippen molar-refractivity contribution in [3.63, 3.8) is 0 Å². The van der Waals surface area contributed by atoms with Crippen molar-refractivity contribution < 1.29 is 14.6 Å². The van der Waals surface area contributed by atoms with Crippen molar-refractivity contribution in [1.29, 1.82) is 0 Å². The fourth-order valence-electron chi connectivity index (χ4n) is 1.28. The Hall–Kier alpha value is -1.48. The summed E-state index contributed by atoms with van der Waals surface area (Å²) in [5.74, 6) is 1.34. The first kappa shape index (κ1) is 11.6. The van der Waals surface area contributed by atoms with E-state index in [-0.39, 0.29) is 13.2 Å². The van der Waals surface area contributed by atoms with Crippen molar-refractivity contribution in [2.75, 3.05) is 20.3 Å². The Bertz CT molecular complexity index is 321. The minimum Gasteiger partial charge on any atom is -0.493 e. The third-order valence-electron chi connectivity index (χ3n) is 1.96. The highest BCUT2D eigenvalue weighted by Crippen LogP contribution is 2.28. The van der Waals surface area contributed by atoms with E-state index in [1.807, 2.05) is 24.3 Å². The lowest BCUT2D eigenvalue weighted by Gasteiger charge is -2.10. The highest BCUT2D eigenvalue weighted by atomic mass is 16.5. The maximum Gasteiger partial charge on any atom is 0.161 e. The molecule has 0 fully saturated rings. The van der Waals surface area contributed by atoms with Crippen molar-refractivity contribution >= 4 is 0 Å². The van der Waals surface area contributed by atoms with Gasteiger partial charge in [-0.2, -0.15) is 0 Å². The van der Waals surface area contributed by atoms with E-state index < -0.39 is 0 Å². The summed E-state index contributed by atoms with van der Waals surface area (Å²) in [6.07, 6.45) is 2.64. The Labute approximate surface area is 90.0 Å². The normalized spacial score (nSPS) is 9.73. The topological polar surface area (TPSA) is 38.7 Å². The standard InChI is InChI=1S/C12H16O3/c1-3-4-10-5-6-11(15-8-7-13)12(9-10)14-2/h3,5-6,9,13H,1,4,7-8H2,2H3. The van der Waals surface area contributed by atoms with E-state index in [0.717, 1.165) is 12.0 Å². The van der Waals surface area contributed by atoms with Gasteiger partial charge in [0, 0.05) is 0 Å². The predicted octanol–water partition coefficient (Wildman–Crippen LogP) is 1.79. The number of hydrogen-bond donors (Lipinski definition) is 1. The van der Waals surface area contributed by atoms with Gasteiger partial charge in [0.05, 0.1) is 13.7 Å². The molecule has 0 aliphatic rings. The summed E-state index contributed by atoms with van der Waals surface area (Å²) in [7, 11) is 1.60.